The Kier molecular flexibility index (Phi) is 6.43. The number of nitrogens with zero attached hydrogens (tertiary/aromatic N) is 1. The minimum atomic E-state index is -0.113. The Bertz CT molecular complexity index is 555. The summed E-state index contributed by atoms with van der Waals surface area (Å²) >= 11 is 1.68. The van der Waals surface area contributed by atoms with Crippen molar-refractivity contribution in [2.75, 3.05) is 27.2 Å². The van der Waals surface area contributed by atoms with Crippen molar-refractivity contribution >= 4 is 17.4 Å². The van der Waals surface area contributed by atoms with Crippen molar-refractivity contribution in [3.8, 4) is 0 Å². The summed E-state index contributed by atoms with van der Waals surface area (Å²) in [6, 6.07) is 12.3. The average molecular weight is 317 g/mol. The molecule has 2 N–H and O–H groups in total. The molecule has 2 rings (SSSR count). The normalized spacial score (nSPS) is 12.1. The van der Waals surface area contributed by atoms with E-state index in [1.54, 1.807) is 11.3 Å². The molecule has 2 aromatic rings. The van der Waals surface area contributed by atoms with Gasteiger partial charge in [0.15, 0.2) is 0 Å². The highest BCUT2D eigenvalue weighted by Crippen LogP contribution is 2.19. The fraction of sp³-hybridized carbons (Fsp3) is 0.353. The molecule has 0 aliphatic carbocycles. The predicted octanol–water partition coefficient (Wildman–Crippen LogP) is 2.89. The van der Waals surface area contributed by atoms with Gasteiger partial charge in [-0.25, -0.2) is 4.79 Å². The van der Waals surface area contributed by atoms with Crippen LogP contribution in [0.3, 0.4) is 0 Å². The number of likely N-dealkylation sites (N-methyl/N-ethyl adjacent to an activating group) is 1. The van der Waals surface area contributed by atoms with Gasteiger partial charge in [-0.05, 0) is 48.5 Å². The lowest BCUT2D eigenvalue weighted by atomic mass is 10.1. The minimum Gasteiger partial charge on any atom is -0.338 e. The van der Waals surface area contributed by atoms with Crippen LogP contribution in [0.15, 0.2) is 47.2 Å². The Morgan fingerprint density at radius 1 is 1.18 bits per heavy atom. The maximum absolute atomic E-state index is 11.9. The van der Waals surface area contributed by atoms with Gasteiger partial charge in [-0.2, -0.15) is 11.3 Å². The second-order valence-corrected chi connectivity index (χ2v) is 6.19. The van der Waals surface area contributed by atoms with Crippen LogP contribution in [0.1, 0.15) is 17.2 Å². The van der Waals surface area contributed by atoms with E-state index in [0.717, 1.165) is 6.42 Å². The molecule has 0 unspecified atom stereocenters. The van der Waals surface area contributed by atoms with Gasteiger partial charge in [0.25, 0.3) is 0 Å². The third-order valence-electron chi connectivity index (χ3n) is 3.55. The van der Waals surface area contributed by atoms with Gasteiger partial charge in [-0.1, -0.05) is 30.3 Å². The van der Waals surface area contributed by atoms with Gasteiger partial charge in [0.05, 0.1) is 6.04 Å². The molecule has 0 spiro atoms. The van der Waals surface area contributed by atoms with E-state index in [-0.39, 0.29) is 12.1 Å². The van der Waals surface area contributed by atoms with Gasteiger partial charge < -0.3 is 15.5 Å². The van der Waals surface area contributed by atoms with Crippen molar-refractivity contribution in [2.24, 2.45) is 0 Å². The second-order valence-electron chi connectivity index (χ2n) is 5.41. The number of nitrogens with one attached hydrogen (secondary N) is 2. The zero-order valence-corrected chi connectivity index (χ0v) is 13.9. The Labute approximate surface area is 136 Å². The molecule has 2 amide bonds. The summed E-state index contributed by atoms with van der Waals surface area (Å²) in [6.45, 7) is 1.24. The van der Waals surface area contributed by atoms with E-state index < -0.39 is 0 Å². The van der Waals surface area contributed by atoms with Crippen LogP contribution >= 0.6 is 11.3 Å². The second kappa shape index (κ2) is 8.56. The van der Waals surface area contributed by atoms with Gasteiger partial charge in [0.2, 0.25) is 0 Å². The van der Waals surface area contributed by atoms with Gasteiger partial charge >= 0.3 is 6.03 Å². The van der Waals surface area contributed by atoms with Crippen LogP contribution < -0.4 is 10.6 Å². The molecule has 0 bridgehead atoms. The Morgan fingerprint density at radius 2 is 1.95 bits per heavy atom. The van der Waals surface area contributed by atoms with Crippen molar-refractivity contribution in [3.63, 3.8) is 0 Å². The molecule has 4 nitrogen and oxygen atoms in total. The van der Waals surface area contributed by atoms with Crippen LogP contribution in [0.4, 0.5) is 4.79 Å². The van der Waals surface area contributed by atoms with E-state index in [1.807, 2.05) is 32.3 Å². The third kappa shape index (κ3) is 5.16. The summed E-state index contributed by atoms with van der Waals surface area (Å²) in [4.78, 5) is 14.0. The maximum Gasteiger partial charge on any atom is 0.314 e. The summed E-state index contributed by atoms with van der Waals surface area (Å²) in [5, 5.41) is 10.0. The summed E-state index contributed by atoms with van der Waals surface area (Å²) in [5.74, 6) is 0. The van der Waals surface area contributed by atoms with E-state index in [9.17, 15) is 4.79 Å². The van der Waals surface area contributed by atoms with Crippen LogP contribution in [0.5, 0.6) is 0 Å². The number of amides is 2. The molecule has 0 saturated carbocycles. The highest BCUT2D eigenvalue weighted by Gasteiger charge is 2.15. The highest BCUT2D eigenvalue weighted by molar-refractivity contribution is 7.07. The number of rotatable bonds is 7. The number of carbonyl (C=O) groups is 1. The molecule has 0 aliphatic heterocycles. The van der Waals surface area contributed by atoms with Crippen molar-refractivity contribution in [1.29, 1.82) is 0 Å². The quantitative estimate of drug-likeness (QED) is 0.825. The lowest BCUT2D eigenvalue weighted by Gasteiger charge is -2.24. The number of hydrogen-bond acceptors (Lipinski definition) is 3. The van der Waals surface area contributed by atoms with E-state index in [0.29, 0.717) is 13.1 Å². The lowest BCUT2D eigenvalue weighted by molar-refractivity contribution is 0.233. The van der Waals surface area contributed by atoms with E-state index in [2.05, 4.69) is 44.5 Å². The summed E-state index contributed by atoms with van der Waals surface area (Å²) in [6.07, 6.45) is 0.843. The molecule has 1 aromatic heterocycles. The number of thiophene rings is 1. The first kappa shape index (κ1) is 16.5. The highest BCUT2D eigenvalue weighted by atomic mass is 32.1. The molecule has 1 heterocycles. The Morgan fingerprint density at radius 3 is 2.59 bits per heavy atom. The van der Waals surface area contributed by atoms with Gasteiger partial charge in [0.1, 0.15) is 0 Å². The van der Waals surface area contributed by atoms with Crippen LogP contribution in [-0.4, -0.2) is 38.1 Å². The summed E-state index contributed by atoms with van der Waals surface area (Å²) in [7, 11) is 4.05. The van der Waals surface area contributed by atoms with Crippen LogP contribution in [-0.2, 0) is 6.42 Å². The van der Waals surface area contributed by atoms with E-state index in [1.165, 1.54) is 11.1 Å². The molecule has 1 atom stereocenters. The van der Waals surface area contributed by atoms with Crippen molar-refractivity contribution < 1.29 is 4.79 Å². The smallest absolute Gasteiger partial charge is 0.314 e. The zero-order valence-electron chi connectivity index (χ0n) is 13.1. The van der Waals surface area contributed by atoms with Gasteiger partial charge in [0, 0.05) is 13.1 Å². The van der Waals surface area contributed by atoms with Crippen LogP contribution in [0.25, 0.3) is 0 Å². The number of urea groups is 1. The van der Waals surface area contributed by atoms with Crippen molar-refractivity contribution in [2.45, 2.75) is 12.5 Å². The molecule has 118 valence electrons. The lowest BCUT2D eigenvalue weighted by Crippen LogP contribution is -2.41. The van der Waals surface area contributed by atoms with Crippen molar-refractivity contribution in [3.05, 3.63) is 58.3 Å². The number of benzene rings is 1. The molecule has 0 saturated heterocycles. The molecule has 5 heteroatoms. The molecular formula is C17H23N3OS. The first-order chi connectivity index (χ1) is 10.7. The zero-order chi connectivity index (χ0) is 15.8. The number of carbonyl (C=O) groups excluding carboxylic acids is 1. The van der Waals surface area contributed by atoms with E-state index in [4.69, 9.17) is 0 Å². The molecule has 0 fully saturated rings. The molecular weight excluding hydrogens is 294 g/mol. The minimum absolute atomic E-state index is 0.113. The van der Waals surface area contributed by atoms with Crippen molar-refractivity contribution in [1.82, 2.24) is 15.5 Å². The van der Waals surface area contributed by atoms with Gasteiger partial charge in [-0.3, -0.25) is 0 Å². The first-order valence-electron chi connectivity index (χ1n) is 7.41. The van der Waals surface area contributed by atoms with Crippen LogP contribution in [0.2, 0.25) is 0 Å². The molecule has 0 aliphatic rings. The monoisotopic (exact) mass is 317 g/mol. The Balaban J connectivity index is 1.72. The summed E-state index contributed by atoms with van der Waals surface area (Å²) < 4.78 is 0. The fourth-order valence-electron chi connectivity index (χ4n) is 2.28. The van der Waals surface area contributed by atoms with Crippen LogP contribution in [0, 0.1) is 0 Å². The Hall–Kier alpha value is -1.85. The first-order valence-corrected chi connectivity index (χ1v) is 8.35. The maximum atomic E-state index is 11.9. The number of hydrogen-bond donors (Lipinski definition) is 2. The molecule has 22 heavy (non-hydrogen) atoms. The molecule has 1 aromatic carbocycles. The largest absolute Gasteiger partial charge is 0.338 e. The van der Waals surface area contributed by atoms with Gasteiger partial charge in [-0.15, -0.1) is 0 Å². The standard InChI is InChI=1S/C17H23N3OS/c1-20(2)16(15-9-11-22-13-15)12-19-17(21)18-10-8-14-6-4-3-5-7-14/h3-7,9,11,13,16H,8,10,12H2,1-2H3,(H2,18,19,21)/t16-/m0/s1. The third-order valence-corrected chi connectivity index (χ3v) is 4.25. The van der Waals surface area contributed by atoms with E-state index >= 15 is 0 Å². The average Bonchev–Trinajstić information content (AvgIpc) is 3.02. The SMILES string of the molecule is CN(C)[C@@H](CNC(=O)NCCc1ccccc1)c1ccsc1. The predicted molar refractivity (Wildman–Crippen MR) is 92.3 cm³/mol. The topological polar surface area (TPSA) is 44.4 Å². The fourth-order valence-corrected chi connectivity index (χ4v) is 2.99. The molecule has 0 radical (unpaired) electrons. The summed E-state index contributed by atoms with van der Waals surface area (Å²) in [5.41, 5.74) is 2.46.